The lowest BCUT2D eigenvalue weighted by molar-refractivity contribution is 0.400. The van der Waals surface area contributed by atoms with Crippen molar-refractivity contribution in [2.24, 2.45) is 4.99 Å². The van der Waals surface area contributed by atoms with Crippen molar-refractivity contribution in [3.63, 3.8) is 0 Å². The van der Waals surface area contributed by atoms with Crippen LogP contribution >= 0.6 is 0 Å². The molecule has 0 fully saturated rings. The summed E-state index contributed by atoms with van der Waals surface area (Å²) in [7, 11) is 5.89. The zero-order valence-electron chi connectivity index (χ0n) is 15.2. The molecule has 0 aliphatic heterocycles. The van der Waals surface area contributed by atoms with E-state index in [1.54, 1.807) is 19.2 Å². The second kappa shape index (κ2) is 9.79. The molecule has 0 amide bonds. The Morgan fingerprint density at radius 2 is 1.80 bits per heavy atom. The summed E-state index contributed by atoms with van der Waals surface area (Å²) in [5.74, 6) is 0.550. The van der Waals surface area contributed by atoms with E-state index in [2.05, 4.69) is 58.9 Å². The minimum atomic E-state index is -0.197. The first-order valence-corrected chi connectivity index (χ1v) is 8.49. The van der Waals surface area contributed by atoms with E-state index in [1.807, 2.05) is 6.07 Å². The Labute approximate surface area is 149 Å². The Kier molecular flexibility index (Phi) is 7.41. The lowest BCUT2D eigenvalue weighted by Crippen LogP contribution is -2.38. The molecule has 0 radical (unpaired) electrons. The van der Waals surface area contributed by atoms with Gasteiger partial charge in [-0.05, 0) is 49.3 Å². The maximum atomic E-state index is 13.2. The predicted octanol–water partition coefficient (Wildman–Crippen LogP) is 2.80. The van der Waals surface area contributed by atoms with Crippen molar-refractivity contribution in [3.8, 4) is 0 Å². The molecule has 25 heavy (non-hydrogen) atoms. The molecule has 2 N–H and O–H groups in total. The van der Waals surface area contributed by atoms with Gasteiger partial charge in [-0.1, -0.05) is 36.4 Å². The van der Waals surface area contributed by atoms with Crippen LogP contribution in [0.15, 0.2) is 53.5 Å². The molecule has 0 unspecified atom stereocenters. The van der Waals surface area contributed by atoms with Crippen LogP contribution in [0.5, 0.6) is 0 Å². The first-order chi connectivity index (χ1) is 12.1. The maximum Gasteiger partial charge on any atom is 0.191 e. The van der Waals surface area contributed by atoms with E-state index in [-0.39, 0.29) is 5.82 Å². The number of aliphatic imine (C=N–C) groups is 1. The molecule has 0 atom stereocenters. The molecular formula is C20H27FN4. The fourth-order valence-electron chi connectivity index (χ4n) is 2.64. The lowest BCUT2D eigenvalue weighted by Gasteiger charge is -2.16. The van der Waals surface area contributed by atoms with E-state index in [1.165, 1.54) is 17.2 Å². The lowest BCUT2D eigenvalue weighted by atomic mass is 10.1. The highest BCUT2D eigenvalue weighted by Gasteiger charge is 2.04. The minimum Gasteiger partial charge on any atom is -0.356 e. The van der Waals surface area contributed by atoms with Crippen molar-refractivity contribution < 1.29 is 4.39 Å². The highest BCUT2D eigenvalue weighted by atomic mass is 19.1. The van der Waals surface area contributed by atoms with E-state index < -0.39 is 0 Å². The van der Waals surface area contributed by atoms with Crippen LogP contribution in [0.25, 0.3) is 0 Å². The second-order valence-electron chi connectivity index (χ2n) is 6.24. The highest BCUT2D eigenvalue weighted by Crippen LogP contribution is 2.10. The molecule has 0 spiro atoms. The molecule has 134 valence electrons. The standard InChI is InChI=1S/C20H27FN4/c1-22-20(23-12-11-16-7-6-10-19(21)13-16)24-14-17-8-4-5-9-18(17)15-25(2)3/h4-10,13H,11-12,14-15H2,1-3H3,(H2,22,23,24). The Balaban J connectivity index is 1.84. The third kappa shape index (κ3) is 6.55. The van der Waals surface area contributed by atoms with Crippen LogP contribution in [0.3, 0.4) is 0 Å². The molecule has 0 heterocycles. The molecule has 0 aromatic heterocycles. The number of benzene rings is 2. The molecule has 0 bridgehead atoms. The average molecular weight is 342 g/mol. The summed E-state index contributed by atoms with van der Waals surface area (Å²) in [6.07, 6.45) is 0.746. The fraction of sp³-hybridized carbons (Fsp3) is 0.350. The van der Waals surface area contributed by atoms with Crippen LogP contribution in [0.2, 0.25) is 0 Å². The highest BCUT2D eigenvalue weighted by molar-refractivity contribution is 5.79. The summed E-state index contributed by atoms with van der Waals surface area (Å²) in [5, 5.41) is 6.62. The van der Waals surface area contributed by atoms with E-state index in [0.717, 1.165) is 24.5 Å². The van der Waals surface area contributed by atoms with Gasteiger partial charge in [-0.15, -0.1) is 0 Å². The number of rotatable bonds is 7. The number of hydrogen-bond acceptors (Lipinski definition) is 2. The first kappa shape index (κ1) is 18.9. The number of hydrogen-bond donors (Lipinski definition) is 2. The van der Waals surface area contributed by atoms with E-state index in [4.69, 9.17) is 0 Å². The monoisotopic (exact) mass is 342 g/mol. The molecule has 0 aliphatic rings. The maximum absolute atomic E-state index is 13.2. The SMILES string of the molecule is CN=C(NCCc1cccc(F)c1)NCc1ccccc1CN(C)C. The predicted molar refractivity (Wildman–Crippen MR) is 102 cm³/mol. The molecule has 2 aromatic carbocycles. The molecule has 5 heteroatoms. The van der Waals surface area contributed by atoms with Crippen LogP contribution in [0.1, 0.15) is 16.7 Å². The fourth-order valence-corrected chi connectivity index (χ4v) is 2.64. The van der Waals surface area contributed by atoms with Crippen molar-refractivity contribution >= 4 is 5.96 Å². The molecule has 2 rings (SSSR count). The molecule has 4 nitrogen and oxygen atoms in total. The smallest absolute Gasteiger partial charge is 0.191 e. The third-order valence-corrected chi connectivity index (χ3v) is 3.87. The molecule has 0 saturated carbocycles. The Hall–Kier alpha value is -2.40. The van der Waals surface area contributed by atoms with Crippen LogP contribution in [0.4, 0.5) is 4.39 Å². The zero-order chi connectivity index (χ0) is 18.1. The molecular weight excluding hydrogens is 315 g/mol. The topological polar surface area (TPSA) is 39.7 Å². The van der Waals surface area contributed by atoms with Gasteiger partial charge in [0, 0.05) is 26.7 Å². The van der Waals surface area contributed by atoms with Crippen LogP contribution in [-0.4, -0.2) is 38.5 Å². The van der Waals surface area contributed by atoms with Gasteiger partial charge in [0.15, 0.2) is 5.96 Å². The number of nitrogens with zero attached hydrogens (tertiary/aromatic N) is 2. The quantitative estimate of drug-likeness (QED) is 0.600. The normalized spacial score (nSPS) is 11.6. The average Bonchev–Trinajstić information content (AvgIpc) is 2.58. The van der Waals surface area contributed by atoms with E-state index in [0.29, 0.717) is 13.1 Å². The van der Waals surface area contributed by atoms with Gasteiger partial charge < -0.3 is 15.5 Å². The molecule has 0 aliphatic carbocycles. The summed E-state index contributed by atoms with van der Waals surface area (Å²) in [6, 6.07) is 15.1. The number of guanidine groups is 1. The summed E-state index contributed by atoms with van der Waals surface area (Å²) < 4.78 is 13.2. The summed E-state index contributed by atoms with van der Waals surface area (Å²) in [5.41, 5.74) is 3.53. The van der Waals surface area contributed by atoms with Gasteiger partial charge in [-0.25, -0.2) is 4.39 Å². The van der Waals surface area contributed by atoms with Crippen molar-refractivity contribution in [1.82, 2.24) is 15.5 Å². The Morgan fingerprint density at radius 3 is 2.48 bits per heavy atom. The first-order valence-electron chi connectivity index (χ1n) is 8.49. The summed E-state index contributed by atoms with van der Waals surface area (Å²) in [6.45, 7) is 2.32. The Morgan fingerprint density at radius 1 is 1.04 bits per heavy atom. The van der Waals surface area contributed by atoms with Crippen LogP contribution < -0.4 is 10.6 Å². The van der Waals surface area contributed by atoms with Crippen molar-refractivity contribution in [2.75, 3.05) is 27.7 Å². The van der Waals surface area contributed by atoms with Gasteiger partial charge in [0.1, 0.15) is 5.82 Å². The van der Waals surface area contributed by atoms with E-state index in [9.17, 15) is 4.39 Å². The van der Waals surface area contributed by atoms with Crippen molar-refractivity contribution in [2.45, 2.75) is 19.5 Å². The van der Waals surface area contributed by atoms with Gasteiger partial charge >= 0.3 is 0 Å². The van der Waals surface area contributed by atoms with Gasteiger partial charge in [0.2, 0.25) is 0 Å². The molecule has 2 aromatic rings. The van der Waals surface area contributed by atoms with Gasteiger partial charge in [-0.3, -0.25) is 4.99 Å². The molecule has 0 saturated heterocycles. The zero-order valence-corrected chi connectivity index (χ0v) is 15.2. The van der Waals surface area contributed by atoms with Crippen molar-refractivity contribution in [3.05, 3.63) is 71.0 Å². The largest absolute Gasteiger partial charge is 0.356 e. The summed E-state index contributed by atoms with van der Waals surface area (Å²) in [4.78, 5) is 6.41. The van der Waals surface area contributed by atoms with Gasteiger partial charge in [0.05, 0.1) is 0 Å². The third-order valence-electron chi connectivity index (χ3n) is 3.87. The number of nitrogens with one attached hydrogen (secondary N) is 2. The Bertz CT molecular complexity index is 698. The van der Waals surface area contributed by atoms with Gasteiger partial charge in [-0.2, -0.15) is 0 Å². The minimum absolute atomic E-state index is 0.197. The van der Waals surface area contributed by atoms with Crippen LogP contribution in [0, 0.1) is 5.82 Å². The van der Waals surface area contributed by atoms with E-state index >= 15 is 0 Å². The van der Waals surface area contributed by atoms with Crippen molar-refractivity contribution in [1.29, 1.82) is 0 Å². The second-order valence-corrected chi connectivity index (χ2v) is 6.24. The van der Waals surface area contributed by atoms with Crippen LogP contribution in [-0.2, 0) is 19.5 Å². The van der Waals surface area contributed by atoms with Gasteiger partial charge in [0.25, 0.3) is 0 Å². The summed E-state index contributed by atoms with van der Waals surface area (Å²) >= 11 is 0. The number of halogens is 1.